The fraction of sp³-hybridized carbons (Fsp3) is 0.409. The van der Waals surface area contributed by atoms with Crippen molar-refractivity contribution in [3.8, 4) is 0 Å². The zero-order valence-electron chi connectivity index (χ0n) is 16.6. The maximum atomic E-state index is 13.2. The van der Waals surface area contributed by atoms with Crippen molar-refractivity contribution in [1.29, 1.82) is 0 Å². The molecule has 0 unspecified atom stereocenters. The van der Waals surface area contributed by atoms with Crippen LogP contribution >= 0.6 is 0 Å². The Morgan fingerprint density at radius 1 is 0.926 bits per heavy atom. The van der Waals surface area contributed by atoms with Crippen LogP contribution in [0.5, 0.6) is 0 Å². The van der Waals surface area contributed by atoms with Crippen LogP contribution in [0.2, 0.25) is 0 Å². The number of halogens is 1. The average molecular weight is 479 g/mol. The largest absolute Gasteiger partial charge is 1.00 e. The number of hydrogen-bond donors (Lipinski definition) is 0. The Hall–Kier alpha value is -1.60. The van der Waals surface area contributed by atoms with Crippen LogP contribution in [0.3, 0.4) is 0 Å². The predicted octanol–water partition coefficient (Wildman–Crippen LogP) is 0.771. The third-order valence-electron chi connectivity index (χ3n) is 5.81. The highest BCUT2D eigenvalue weighted by molar-refractivity contribution is 6.01. The van der Waals surface area contributed by atoms with Gasteiger partial charge in [-0.25, -0.2) is 0 Å². The van der Waals surface area contributed by atoms with Crippen molar-refractivity contribution < 1.29 is 33.3 Å². The van der Waals surface area contributed by atoms with E-state index in [1.807, 2.05) is 41.3 Å². The molecule has 0 spiro atoms. The number of fused-ring (bicyclic) bond motifs is 1. The van der Waals surface area contributed by atoms with E-state index in [2.05, 4.69) is 44.0 Å². The summed E-state index contributed by atoms with van der Waals surface area (Å²) in [5.41, 5.74) is 2.95. The SMILES string of the molecule is CC[N+](C)(CC)CCN1CCN(c2ccccc2)c2ccccc2C1=O.[I-]. The lowest BCUT2D eigenvalue weighted by atomic mass is 10.1. The predicted molar refractivity (Wildman–Crippen MR) is 108 cm³/mol. The minimum absolute atomic E-state index is 0. The molecule has 0 N–H and O–H groups in total. The third kappa shape index (κ3) is 4.82. The highest BCUT2D eigenvalue weighted by Gasteiger charge is 2.28. The van der Waals surface area contributed by atoms with Gasteiger partial charge < -0.3 is 38.3 Å². The molecule has 1 aliphatic heterocycles. The molecule has 3 rings (SSSR count). The van der Waals surface area contributed by atoms with Gasteiger partial charge in [0.05, 0.1) is 44.5 Å². The molecule has 0 aliphatic carbocycles. The molecule has 146 valence electrons. The highest BCUT2D eigenvalue weighted by atomic mass is 127. The summed E-state index contributed by atoms with van der Waals surface area (Å²) in [7, 11) is 2.27. The first kappa shape index (κ1) is 21.7. The Kier molecular flexibility index (Phi) is 7.68. The Bertz CT molecular complexity index is 746. The van der Waals surface area contributed by atoms with Crippen molar-refractivity contribution >= 4 is 17.3 Å². The number of hydrogen-bond acceptors (Lipinski definition) is 2. The molecule has 1 heterocycles. The molecule has 1 aliphatic rings. The van der Waals surface area contributed by atoms with Gasteiger partial charge in [0.25, 0.3) is 5.91 Å². The number of anilines is 2. The molecular formula is C22H30IN3O. The lowest BCUT2D eigenvalue weighted by Crippen LogP contribution is -3.00. The Morgan fingerprint density at radius 2 is 1.56 bits per heavy atom. The van der Waals surface area contributed by atoms with Crippen LogP contribution in [-0.4, -0.2) is 61.6 Å². The van der Waals surface area contributed by atoms with Gasteiger partial charge in [-0.05, 0) is 38.1 Å². The summed E-state index contributed by atoms with van der Waals surface area (Å²) in [6.07, 6.45) is 0. The molecule has 1 amide bonds. The molecule has 0 atom stereocenters. The minimum Gasteiger partial charge on any atom is -1.00 e. The van der Waals surface area contributed by atoms with Crippen LogP contribution in [-0.2, 0) is 0 Å². The standard InChI is InChI=1S/C22H30N3O.HI/c1-4-25(3,5-2)18-17-23-15-16-24(19-11-7-6-8-12-19)21-14-10-9-13-20(21)22(23)26;/h6-14H,4-5,15-18H2,1-3H3;1H/q+1;/p-1. The van der Waals surface area contributed by atoms with Crippen molar-refractivity contribution in [3.63, 3.8) is 0 Å². The molecule has 0 saturated heterocycles. The maximum Gasteiger partial charge on any atom is 0.256 e. The van der Waals surface area contributed by atoms with Crippen LogP contribution in [0, 0.1) is 0 Å². The number of quaternary nitrogens is 1. The molecule has 0 radical (unpaired) electrons. The summed E-state index contributed by atoms with van der Waals surface area (Å²) in [6.45, 7) is 9.97. The molecule has 0 saturated carbocycles. The van der Waals surface area contributed by atoms with Gasteiger partial charge in [-0.1, -0.05) is 30.3 Å². The lowest BCUT2D eigenvalue weighted by Gasteiger charge is -2.34. The number of carbonyl (C=O) groups excluding carboxylic acids is 1. The van der Waals surface area contributed by atoms with Gasteiger partial charge >= 0.3 is 0 Å². The summed E-state index contributed by atoms with van der Waals surface area (Å²) in [4.78, 5) is 17.5. The van der Waals surface area contributed by atoms with Crippen LogP contribution in [0.4, 0.5) is 11.4 Å². The first-order valence-electron chi connectivity index (χ1n) is 9.62. The van der Waals surface area contributed by atoms with E-state index >= 15 is 0 Å². The number of para-hydroxylation sites is 2. The van der Waals surface area contributed by atoms with Gasteiger partial charge in [-0.2, -0.15) is 0 Å². The number of nitrogens with zero attached hydrogens (tertiary/aromatic N) is 3. The second kappa shape index (κ2) is 9.55. The zero-order chi connectivity index (χ0) is 18.6. The second-order valence-electron chi connectivity index (χ2n) is 7.27. The quantitative estimate of drug-likeness (QED) is 0.452. The van der Waals surface area contributed by atoms with Gasteiger partial charge in [0.15, 0.2) is 0 Å². The van der Waals surface area contributed by atoms with Crippen molar-refractivity contribution in [2.75, 3.05) is 51.2 Å². The van der Waals surface area contributed by atoms with E-state index in [0.29, 0.717) is 0 Å². The number of benzene rings is 2. The molecule has 4 nitrogen and oxygen atoms in total. The van der Waals surface area contributed by atoms with E-state index in [4.69, 9.17) is 0 Å². The van der Waals surface area contributed by atoms with Crippen molar-refractivity contribution in [2.45, 2.75) is 13.8 Å². The monoisotopic (exact) mass is 479 g/mol. The van der Waals surface area contributed by atoms with E-state index in [-0.39, 0.29) is 29.9 Å². The van der Waals surface area contributed by atoms with Crippen LogP contribution in [0.15, 0.2) is 54.6 Å². The highest BCUT2D eigenvalue weighted by Crippen LogP contribution is 2.31. The second-order valence-corrected chi connectivity index (χ2v) is 7.27. The molecule has 0 aromatic heterocycles. The van der Waals surface area contributed by atoms with Crippen molar-refractivity contribution in [3.05, 3.63) is 60.2 Å². The first-order chi connectivity index (χ1) is 12.6. The van der Waals surface area contributed by atoms with Crippen LogP contribution in [0.25, 0.3) is 0 Å². The number of rotatable bonds is 6. The Balaban J connectivity index is 0.00000261. The fourth-order valence-electron chi connectivity index (χ4n) is 3.49. The topological polar surface area (TPSA) is 23.6 Å². The zero-order valence-corrected chi connectivity index (χ0v) is 18.7. The Labute approximate surface area is 180 Å². The molecule has 27 heavy (non-hydrogen) atoms. The van der Waals surface area contributed by atoms with E-state index in [0.717, 1.165) is 60.7 Å². The average Bonchev–Trinajstić information content (AvgIpc) is 2.84. The molecular weight excluding hydrogens is 449 g/mol. The van der Waals surface area contributed by atoms with E-state index < -0.39 is 0 Å². The van der Waals surface area contributed by atoms with Gasteiger partial charge in [-0.3, -0.25) is 4.79 Å². The van der Waals surface area contributed by atoms with Crippen molar-refractivity contribution in [1.82, 2.24) is 4.90 Å². The van der Waals surface area contributed by atoms with Crippen LogP contribution in [0.1, 0.15) is 24.2 Å². The van der Waals surface area contributed by atoms with Crippen LogP contribution < -0.4 is 28.9 Å². The summed E-state index contributed by atoms with van der Waals surface area (Å²) >= 11 is 0. The van der Waals surface area contributed by atoms with Gasteiger partial charge in [0.2, 0.25) is 0 Å². The molecule has 2 aromatic rings. The fourth-order valence-corrected chi connectivity index (χ4v) is 3.49. The van der Waals surface area contributed by atoms with E-state index in [1.54, 1.807) is 0 Å². The summed E-state index contributed by atoms with van der Waals surface area (Å²) in [5.74, 6) is 0.151. The van der Waals surface area contributed by atoms with Gasteiger partial charge in [-0.15, -0.1) is 0 Å². The summed E-state index contributed by atoms with van der Waals surface area (Å²) in [6, 6.07) is 18.3. The molecule has 5 heteroatoms. The number of likely N-dealkylation sites (N-methyl/N-ethyl adjacent to an activating group) is 1. The third-order valence-corrected chi connectivity index (χ3v) is 5.81. The summed E-state index contributed by atoms with van der Waals surface area (Å²) < 4.78 is 0.994. The summed E-state index contributed by atoms with van der Waals surface area (Å²) in [5, 5.41) is 0. The smallest absolute Gasteiger partial charge is 0.256 e. The minimum atomic E-state index is 0. The van der Waals surface area contributed by atoms with E-state index in [1.165, 1.54) is 0 Å². The molecule has 2 aromatic carbocycles. The van der Waals surface area contributed by atoms with Gasteiger partial charge in [0, 0.05) is 18.8 Å². The van der Waals surface area contributed by atoms with Crippen molar-refractivity contribution in [2.24, 2.45) is 0 Å². The molecule has 0 fully saturated rings. The first-order valence-corrected chi connectivity index (χ1v) is 9.62. The van der Waals surface area contributed by atoms with E-state index in [9.17, 15) is 4.79 Å². The molecule has 0 bridgehead atoms. The maximum absolute atomic E-state index is 13.2. The number of carbonyl (C=O) groups is 1. The normalized spacial score (nSPS) is 14.4. The lowest BCUT2D eigenvalue weighted by molar-refractivity contribution is -0.905. The number of amides is 1. The van der Waals surface area contributed by atoms with Gasteiger partial charge in [0.1, 0.15) is 0 Å². The Morgan fingerprint density at radius 3 is 2.22 bits per heavy atom.